The van der Waals surface area contributed by atoms with Gasteiger partial charge in [0.15, 0.2) is 0 Å². The first-order valence-corrected chi connectivity index (χ1v) is 6.34. The molecule has 0 radical (unpaired) electrons. The van der Waals surface area contributed by atoms with Crippen LogP contribution in [-0.2, 0) is 9.59 Å². The Labute approximate surface area is 121 Å². The highest BCUT2D eigenvalue weighted by atomic mass is 35.5. The highest BCUT2D eigenvalue weighted by Crippen LogP contribution is 2.29. The summed E-state index contributed by atoms with van der Waals surface area (Å²) in [6.45, 7) is 3.27. The first-order valence-electron chi connectivity index (χ1n) is 5.59. The third-order valence-corrected chi connectivity index (χ3v) is 3.55. The van der Waals surface area contributed by atoms with Crippen molar-refractivity contribution in [1.82, 2.24) is 5.01 Å². The number of hydrogen-bond donors (Lipinski definition) is 0. The fourth-order valence-corrected chi connectivity index (χ4v) is 2.36. The second kappa shape index (κ2) is 4.87. The summed E-state index contributed by atoms with van der Waals surface area (Å²) in [5.74, 6) is -0.665. The number of hydrogen-bond acceptors (Lipinski definition) is 3. The summed E-state index contributed by atoms with van der Waals surface area (Å²) < 4.78 is 0. The maximum atomic E-state index is 12.1. The normalized spacial score (nSPS) is 15.5. The smallest absolute Gasteiger partial charge is 0.275 e. The Morgan fingerprint density at radius 1 is 0.947 bits per heavy atom. The lowest BCUT2D eigenvalue weighted by atomic mass is 10.2. The van der Waals surface area contributed by atoms with Crippen LogP contribution >= 0.6 is 23.2 Å². The summed E-state index contributed by atoms with van der Waals surface area (Å²) in [4.78, 5) is 24.1. The molecule has 0 atom stereocenters. The fourth-order valence-electron chi connectivity index (χ4n) is 1.84. The first kappa shape index (κ1) is 13.9. The van der Waals surface area contributed by atoms with Crippen molar-refractivity contribution in [2.24, 2.45) is 0 Å². The second-order valence-electron chi connectivity index (χ2n) is 4.32. The standard InChI is InChI=1S/C13H12Cl2N2O2/c1-7-8(2)13(19)17(12(7)18)16(3)11-5-9(14)4-10(15)6-11/h4-6H,1-3H3. The van der Waals surface area contributed by atoms with Gasteiger partial charge in [0.1, 0.15) is 0 Å². The molecule has 1 aromatic carbocycles. The SMILES string of the molecule is CC1=C(C)C(=O)N(N(C)c2cc(Cl)cc(Cl)c2)C1=O. The molecule has 0 saturated carbocycles. The van der Waals surface area contributed by atoms with Crippen LogP contribution in [-0.4, -0.2) is 23.9 Å². The molecule has 2 rings (SSSR count). The van der Waals surface area contributed by atoms with Crippen molar-refractivity contribution in [3.8, 4) is 0 Å². The third-order valence-electron chi connectivity index (χ3n) is 3.11. The minimum atomic E-state index is -0.332. The van der Waals surface area contributed by atoms with Crippen LogP contribution in [0.1, 0.15) is 13.8 Å². The lowest BCUT2D eigenvalue weighted by Crippen LogP contribution is -2.45. The molecular weight excluding hydrogens is 287 g/mol. The molecule has 0 unspecified atom stereocenters. The van der Waals surface area contributed by atoms with E-state index in [4.69, 9.17) is 23.2 Å². The average Bonchev–Trinajstić information content (AvgIpc) is 2.52. The Bertz CT molecular complexity index is 566. The Kier molecular flexibility index (Phi) is 3.56. The predicted molar refractivity (Wildman–Crippen MR) is 75.1 cm³/mol. The van der Waals surface area contributed by atoms with Crippen molar-refractivity contribution >= 4 is 40.7 Å². The maximum Gasteiger partial charge on any atom is 0.275 e. The number of anilines is 1. The molecule has 0 bridgehead atoms. The van der Waals surface area contributed by atoms with Gasteiger partial charge in [0.2, 0.25) is 0 Å². The van der Waals surface area contributed by atoms with Gasteiger partial charge in [0.05, 0.1) is 5.69 Å². The highest BCUT2D eigenvalue weighted by molar-refractivity contribution is 6.35. The topological polar surface area (TPSA) is 40.6 Å². The minimum Gasteiger partial charge on any atom is -0.278 e. The summed E-state index contributed by atoms with van der Waals surface area (Å²) in [6.07, 6.45) is 0. The van der Waals surface area contributed by atoms with E-state index >= 15 is 0 Å². The van der Waals surface area contributed by atoms with E-state index in [1.54, 1.807) is 39.1 Å². The fraction of sp³-hybridized carbons (Fsp3) is 0.231. The van der Waals surface area contributed by atoms with Gasteiger partial charge < -0.3 is 0 Å². The molecule has 4 nitrogen and oxygen atoms in total. The Balaban J connectivity index is 2.38. The maximum absolute atomic E-state index is 12.1. The van der Waals surface area contributed by atoms with Crippen LogP contribution in [0.15, 0.2) is 29.3 Å². The average molecular weight is 299 g/mol. The molecule has 19 heavy (non-hydrogen) atoms. The van der Waals surface area contributed by atoms with E-state index in [1.807, 2.05) is 0 Å². The zero-order valence-corrected chi connectivity index (χ0v) is 12.2. The van der Waals surface area contributed by atoms with E-state index in [2.05, 4.69) is 0 Å². The van der Waals surface area contributed by atoms with Crippen molar-refractivity contribution in [3.63, 3.8) is 0 Å². The van der Waals surface area contributed by atoms with E-state index in [0.29, 0.717) is 26.9 Å². The molecular formula is C13H12Cl2N2O2. The van der Waals surface area contributed by atoms with Gasteiger partial charge in [-0.1, -0.05) is 23.2 Å². The molecule has 1 aromatic rings. The Morgan fingerprint density at radius 2 is 1.37 bits per heavy atom. The van der Waals surface area contributed by atoms with Gasteiger partial charge in [-0.25, -0.2) is 0 Å². The van der Waals surface area contributed by atoms with Crippen molar-refractivity contribution < 1.29 is 9.59 Å². The molecule has 100 valence electrons. The Hall–Kier alpha value is -1.52. The molecule has 0 aliphatic carbocycles. The summed E-state index contributed by atoms with van der Waals surface area (Å²) in [6, 6.07) is 4.86. The zero-order valence-electron chi connectivity index (χ0n) is 10.7. The van der Waals surface area contributed by atoms with Gasteiger partial charge in [0, 0.05) is 28.2 Å². The molecule has 0 fully saturated rings. The largest absolute Gasteiger partial charge is 0.278 e. The molecule has 0 saturated heterocycles. The van der Waals surface area contributed by atoms with E-state index in [0.717, 1.165) is 5.01 Å². The van der Waals surface area contributed by atoms with Crippen LogP contribution in [0.2, 0.25) is 10.0 Å². The molecule has 1 aliphatic heterocycles. The summed E-state index contributed by atoms with van der Waals surface area (Å²) >= 11 is 11.8. The van der Waals surface area contributed by atoms with Crippen molar-refractivity contribution in [1.29, 1.82) is 0 Å². The summed E-state index contributed by atoms with van der Waals surface area (Å²) in [5, 5.41) is 3.40. The van der Waals surface area contributed by atoms with Crippen molar-refractivity contribution in [3.05, 3.63) is 39.4 Å². The number of hydrazine groups is 1. The number of rotatable bonds is 2. The lowest BCUT2D eigenvalue weighted by Gasteiger charge is -2.28. The number of benzene rings is 1. The quantitative estimate of drug-likeness (QED) is 0.788. The molecule has 1 aliphatic rings. The van der Waals surface area contributed by atoms with Crippen LogP contribution in [0, 0.1) is 0 Å². The highest BCUT2D eigenvalue weighted by Gasteiger charge is 2.36. The van der Waals surface area contributed by atoms with E-state index in [9.17, 15) is 9.59 Å². The van der Waals surface area contributed by atoms with Gasteiger partial charge >= 0.3 is 0 Å². The van der Waals surface area contributed by atoms with E-state index < -0.39 is 0 Å². The number of halogens is 2. The van der Waals surface area contributed by atoms with Gasteiger partial charge in [-0.2, -0.15) is 5.01 Å². The van der Waals surface area contributed by atoms with Gasteiger partial charge in [-0.3, -0.25) is 14.6 Å². The predicted octanol–water partition coefficient (Wildman–Crippen LogP) is 3.05. The lowest BCUT2D eigenvalue weighted by molar-refractivity contribution is -0.138. The number of amides is 2. The van der Waals surface area contributed by atoms with Crippen LogP contribution in [0.3, 0.4) is 0 Å². The molecule has 0 spiro atoms. The van der Waals surface area contributed by atoms with Crippen LogP contribution in [0.4, 0.5) is 5.69 Å². The van der Waals surface area contributed by atoms with Gasteiger partial charge in [0.25, 0.3) is 11.8 Å². The van der Waals surface area contributed by atoms with Crippen LogP contribution < -0.4 is 5.01 Å². The first-order chi connectivity index (χ1) is 8.82. The van der Waals surface area contributed by atoms with Gasteiger partial charge in [-0.15, -0.1) is 0 Å². The van der Waals surface area contributed by atoms with E-state index in [-0.39, 0.29) is 11.8 Å². The number of carbonyl (C=O) groups is 2. The molecule has 0 aromatic heterocycles. The monoisotopic (exact) mass is 298 g/mol. The van der Waals surface area contributed by atoms with Crippen molar-refractivity contribution in [2.75, 3.05) is 12.1 Å². The van der Waals surface area contributed by atoms with Crippen LogP contribution in [0.25, 0.3) is 0 Å². The van der Waals surface area contributed by atoms with Crippen LogP contribution in [0.5, 0.6) is 0 Å². The second-order valence-corrected chi connectivity index (χ2v) is 5.20. The Morgan fingerprint density at radius 3 is 1.79 bits per heavy atom. The van der Waals surface area contributed by atoms with Gasteiger partial charge in [-0.05, 0) is 32.0 Å². The molecule has 2 amide bonds. The zero-order chi connectivity index (χ0) is 14.3. The molecule has 6 heteroatoms. The number of carbonyl (C=O) groups excluding carboxylic acids is 2. The summed E-state index contributed by atoms with van der Waals surface area (Å²) in [5.41, 5.74) is 1.47. The number of imide groups is 1. The van der Waals surface area contributed by atoms with E-state index in [1.165, 1.54) is 5.01 Å². The third kappa shape index (κ3) is 2.33. The molecule has 1 heterocycles. The number of nitrogens with zero attached hydrogens (tertiary/aromatic N) is 2. The summed E-state index contributed by atoms with van der Waals surface area (Å²) in [7, 11) is 1.61. The minimum absolute atomic E-state index is 0.332. The van der Waals surface area contributed by atoms with Crippen molar-refractivity contribution in [2.45, 2.75) is 13.8 Å². The molecule has 0 N–H and O–H groups in total.